The summed E-state index contributed by atoms with van der Waals surface area (Å²) in [6.45, 7) is 4.78. The molecule has 2 aliphatic heterocycles. The second kappa shape index (κ2) is 5.26. The number of carbonyl (C=O) groups is 2. The summed E-state index contributed by atoms with van der Waals surface area (Å²) in [7, 11) is 0. The molecule has 0 unspecified atom stereocenters. The average molecular weight is 322 g/mol. The highest BCUT2D eigenvalue weighted by Gasteiger charge is 2.68. The van der Waals surface area contributed by atoms with Crippen LogP contribution in [0.5, 0.6) is 0 Å². The molecule has 2 saturated heterocycles. The average Bonchev–Trinajstić information content (AvgIpc) is 2.88. The third-order valence-electron chi connectivity index (χ3n) is 5.42. The fourth-order valence-corrected chi connectivity index (χ4v) is 4.06. The van der Waals surface area contributed by atoms with Crippen molar-refractivity contribution >= 4 is 11.8 Å². The van der Waals surface area contributed by atoms with E-state index in [0.717, 1.165) is 0 Å². The maximum atomic E-state index is 12.4. The number of ether oxygens (including phenoxy) is 2. The van der Waals surface area contributed by atoms with Gasteiger partial charge in [-0.25, -0.2) is 4.79 Å². The fraction of sp³-hybridized carbons (Fsp3) is 0.647. The molecule has 23 heavy (non-hydrogen) atoms. The Balaban J connectivity index is 1.98. The van der Waals surface area contributed by atoms with Gasteiger partial charge in [0.1, 0.15) is 17.3 Å². The predicted molar refractivity (Wildman–Crippen MR) is 80.4 cm³/mol. The Morgan fingerprint density at radius 3 is 2.87 bits per heavy atom. The number of rotatable bonds is 3. The van der Waals surface area contributed by atoms with Gasteiger partial charge in [-0.3, -0.25) is 4.79 Å². The van der Waals surface area contributed by atoms with Crippen molar-refractivity contribution in [3.05, 3.63) is 23.3 Å². The molecular weight excluding hydrogens is 300 g/mol. The van der Waals surface area contributed by atoms with Crippen LogP contribution < -0.4 is 0 Å². The summed E-state index contributed by atoms with van der Waals surface area (Å²) in [6, 6.07) is 0. The molecule has 0 saturated carbocycles. The zero-order valence-electron chi connectivity index (χ0n) is 13.5. The molecule has 126 valence electrons. The minimum absolute atomic E-state index is 0.0859. The molecule has 1 spiro atoms. The number of aliphatic hydroxyl groups excluding tert-OH is 2. The molecule has 6 heteroatoms. The second-order valence-corrected chi connectivity index (χ2v) is 6.81. The number of carbonyl (C=O) groups excluding carboxylic acids is 2. The summed E-state index contributed by atoms with van der Waals surface area (Å²) in [4.78, 5) is 24.6. The summed E-state index contributed by atoms with van der Waals surface area (Å²) in [5.74, 6) is -1.12. The number of allylic oxidation sites excluding steroid dienone is 1. The molecule has 6 nitrogen and oxygen atoms in total. The van der Waals surface area contributed by atoms with Gasteiger partial charge in [0.05, 0.1) is 18.6 Å². The van der Waals surface area contributed by atoms with Crippen LogP contribution in [0.15, 0.2) is 23.3 Å². The highest BCUT2D eigenvalue weighted by atomic mass is 16.6. The molecule has 5 atom stereocenters. The van der Waals surface area contributed by atoms with E-state index in [1.54, 1.807) is 26.8 Å². The van der Waals surface area contributed by atoms with Gasteiger partial charge in [-0.1, -0.05) is 12.2 Å². The number of esters is 1. The monoisotopic (exact) mass is 322 g/mol. The van der Waals surface area contributed by atoms with E-state index in [2.05, 4.69) is 0 Å². The number of hydrogen-bond donors (Lipinski definition) is 2. The van der Waals surface area contributed by atoms with Gasteiger partial charge in [0.25, 0.3) is 0 Å². The highest BCUT2D eigenvalue weighted by molar-refractivity contribution is 5.92. The predicted octanol–water partition coefficient (Wildman–Crippen LogP) is 0.664. The van der Waals surface area contributed by atoms with Crippen LogP contribution in [0.4, 0.5) is 0 Å². The van der Waals surface area contributed by atoms with Crippen molar-refractivity contribution in [3.8, 4) is 0 Å². The van der Waals surface area contributed by atoms with Gasteiger partial charge in [-0.2, -0.15) is 0 Å². The van der Waals surface area contributed by atoms with Crippen molar-refractivity contribution in [2.75, 3.05) is 6.61 Å². The first-order valence-electron chi connectivity index (χ1n) is 7.85. The Morgan fingerprint density at radius 1 is 1.57 bits per heavy atom. The van der Waals surface area contributed by atoms with E-state index < -0.39 is 35.3 Å². The van der Waals surface area contributed by atoms with Crippen LogP contribution >= 0.6 is 0 Å². The van der Waals surface area contributed by atoms with E-state index in [-0.39, 0.29) is 25.2 Å². The smallest absolute Gasteiger partial charge is 0.333 e. The molecule has 3 aliphatic rings. The molecule has 3 rings (SSSR count). The zero-order valence-corrected chi connectivity index (χ0v) is 13.5. The van der Waals surface area contributed by atoms with Crippen LogP contribution in [0.3, 0.4) is 0 Å². The molecule has 2 N–H and O–H groups in total. The van der Waals surface area contributed by atoms with Crippen molar-refractivity contribution in [2.24, 2.45) is 5.92 Å². The minimum atomic E-state index is -1.06. The van der Waals surface area contributed by atoms with Crippen LogP contribution in [0, 0.1) is 5.92 Å². The van der Waals surface area contributed by atoms with Crippen LogP contribution in [-0.2, 0) is 19.1 Å². The van der Waals surface area contributed by atoms with Crippen molar-refractivity contribution in [1.29, 1.82) is 0 Å². The van der Waals surface area contributed by atoms with Gasteiger partial charge in [0, 0.05) is 18.4 Å². The normalized spacial score (nSPS) is 42.5. The standard InChI is InChI=1S/C17H22O6/c1-4-9(2)15(21)22-12-6-16(3)13(20)7-17(23-16)10(8-18)5-11(19)14(12)17/h4-5,11-12,14,18-19H,6-8H2,1-3H3/b9-4-/t11-,12-,14-,16-,17-/m1/s1. The number of hydrogen-bond acceptors (Lipinski definition) is 6. The van der Waals surface area contributed by atoms with E-state index in [9.17, 15) is 19.8 Å². The summed E-state index contributed by atoms with van der Waals surface area (Å²) in [5.41, 5.74) is -1.15. The van der Waals surface area contributed by atoms with E-state index in [0.29, 0.717) is 11.1 Å². The van der Waals surface area contributed by atoms with E-state index in [4.69, 9.17) is 9.47 Å². The van der Waals surface area contributed by atoms with Gasteiger partial charge in [-0.05, 0) is 26.3 Å². The zero-order chi connectivity index (χ0) is 17.0. The number of fused-ring (bicyclic) bond motifs is 1. The molecular formula is C17H22O6. The van der Waals surface area contributed by atoms with E-state index in [1.807, 2.05) is 0 Å². The third kappa shape index (κ3) is 2.20. The molecule has 0 aromatic rings. The number of aliphatic hydroxyl groups is 2. The maximum absolute atomic E-state index is 12.4. The minimum Gasteiger partial charge on any atom is -0.458 e. The summed E-state index contributed by atoms with van der Waals surface area (Å²) < 4.78 is 11.6. The van der Waals surface area contributed by atoms with Gasteiger partial charge >= 0.3 is 5.97 Å². The number of Topliss-reactive ketones (excluding diaryl/α,β-unsaturated/α-hetero) is 1. The molecule has 2 heterocycles. The van der Waals surface area contributed by atoms with Crippen LogP contribution in [0.2, 0.25) is 0 Å². The van der Waals surface area contributed by atoms with Crippen LogP contribution in [0.25, 0.3) is 0 Å². The molecule has 2 bridgehead atoms. The van der Waals surface area contributed by atoms with Crippen molar-refractivity contribution in [1.82, 2.24) is 0 Å². The Hall–Kier alpha value is -1.50. The first-order chi connectivity index (χ1) is 10.8. The largest absolute Gasteiger partial charge is 0.458 e. The lowest BCUT2D eigenvalue weighted by Gasteiger charge is -2.45. The fourth-order valence-electron chi connectivity index (χ4n) is 4.06. The Kier molecular flexibility index (Phi) is 3.74. The van der Waals surface area contributed by atoms with Crippen molar-refractivity contribution in [2.45, 2.75) is 57.0 Å². The van der Waals surface area contributed by atoms with Gasteiger partial charge in [-0.15, -0.1) is 0 Å². The van der Waals surface area contributed by atoms with Gasteiger partial charge in [0.15, 0.2) is 5.78 Å². The third-order valence-corrected chi connectivity index (χ3v) is 5.42. The molecule has 1 aliphatic carbocycles. The Bertz CT molecular complexity index is 621. The summed E-state index contributed by atoms with van der Waals surface area (Å²) in [5, 5.41) is 20.0. The lowest BCUT2D eigenvalue weighted by atomic mass is 9.78. The van der Waals surface area contributed by atoms with Crippen LogP contribution in [-0.4, -0.2) is 52.0 Å². The first kappa shape index (κ1) is 16.4. The SMILES string of the molecule is C/C=C(/C)C(=O)O[C@@H]1C[C@@]2(C)O[C@]3(CC2=O)C(CO)=C[C@@H](O)[C@H]13. The molecule has 0 amide bonds. The lowest BCUT2D eigenvalue weighted by Crippen LogP contribution is -2.56. The molecule has 2 fully saturated rings. The molecule has 0 aromatic carbocycles. The topological polar surface area (TPSA) is 93.1 Å². The van der Waals surface area contributed by atoms with Gasteiger partial charge in [0.2, 0.25) is 0 Å². The van der Waals surface area contributed by atoms with Crippen molar-refractivity contribution in [3.63, 3.8) is 0 Å². The van der Waals surface area contributed by atoms with Gasteiger partial charge < -0.3 is 19.7 Å². The molecule has 0 aromatic heterocycles. The maximum Gasteiger partial charge on any atom is 0.333 e. The van der Waals surface area contributed by atoms with Crippen LogP contribution in [0.1, 0.15) is 33.6 Å². The van der Waals surface area contributed by atoms with E-state index in [1.165, 1.54) is 6.08 Å². The lowest BCUT2D eigenvalue weighted by molar-refractivity contribution is -0.207. The molecule has 0 radical (unpaired) electrons. The first-order valence-corrected chi connectivity index (χ1v) is 7.85. The summed E-state index contributed by atoms with van der Waals surface area (Å²) in [6.07, 6.45) is 1.92. The Labute approximate surface area is 134 Å². The van der Waals surface area contributed by atoms with Crippen molar-refractivity contribution < 1.29 is 29.3 Å². The summed E-state index contributed by atoms with van der Waals surface area (Å²) >= 11 is 0. The quantitative estimate of drug-likeness (QED) is 0.450. The van der Waals surface area contributed by atoms with E-state index >= 15 is 0 Å². The highest BCUT2D eigenvalue weighted by Crippen LogP contribution is 2.57. The number of ketones is 1. The second-order valence-electron chi connectivity index (χ2n) is 6.81. The Morgan fingerprint density at radius 2 is 2.26 bits per heavy atom.